The first-order valence-electron chi connectivity index (χ1n) is 6.75. The molecule has 0 radical (unpaired) electrons. The molecule has 0 atom stereocenters. The lowest BCUT2D eigenvalue weighted by molar-refractivity contribution is -0.595. The second-order valence-corrected chi connectivity index (χ2v) is 4.85. The number of para-hydroxylation sites is 1. The Hall–Kier alpha value is -1.10. The van der Waals surface area contributed by atoms with Crippen molar-refractivity contribution in [2.24, 2.45) is 0 Å². The van der Waals surface area contributed by atoms with Crippen LogP contribution in [0.1, 0.15) is 19.3 Å². The van der Waals surface area contributed by atoms with Gasteiger partial charge in [0.05, 0.1) is 0 Å². The molecule has 1 aliphatic heterocycles. The van der Waals surface area contributed by atoms with Crippen molar-refractivity contribution in [1.82, 2.24) is 0 Å². The maximum atomic E-state index is 2.48. The molecule has 100 valence electrons. The molecule has 1 aromatic heterocycles. The first-order valence-corrected chi connectivity index (χ1v) is 6.75. The van der Waals surface area contributed by atoms with Gasteiger partial charge in [-0.2, -0.15) is 4.57 Å². The quantitative estimate of drug-likeness (QED) is 0.535. The number of halogens is 1. The zero-order chi connectivity index (χ0) is 12.2. The largest absolute Gasteiger partial charge is 1.00 e. The normalized spacial score (nSPS) is 14.8. The van der Waals surface area contributed by atoms with Gasteiger partial charge in [-0.25, -0.2) is 0 Å². The molecule has 0 aliphatic carbocycles. The topological polar surface area (TPSA) is 7.12 Å². The summed E-state index contributed by atoms with van der Waals surface area (Å²) in [5, 5.41) is 0. The standard InChI is InChI=1S/C16H19N2.HI/c1-3-7-15(8-4-1)18-13-9-16(10-14-18)17-11-5-2-6-12-17;/h1,3-4,7-10,13-14H,2,5-6,11-12H2;1H/q+1;/p-1. The summed E-state index contributed by atoms with van der Waals surface area (Å²) in [5.74, 6) is 0. The average molecular weight is 366 g/mol. The van der Waals surface area contributed by atoms with Gasteiger partial charge in [0, 0.05) is 43.0 Å². The summed E-state index contributed by atoms with van der Waals surface area (Å²) in [4.78, 5) is 2.48. The zero-order valence-corrected chi connectivity index (χ0v) is 13.2. The number of aromatic nitrogens is 1. The summed E-state index contributed by atoms with van der Waals surface area (Å²) in [6.07, 6.45) is 8.34. The van der Waals surface area contributed by atoms with E-state index in [-0.39, 0.29) is 24.0 Å². The maximum Gasteiger partial charge on any atom is 0.210 e. The number of rotatable bonds is 2. The summed E-state index contributed by atoms with van der Waals surface area (Å²) in [6, 6.07) is 14.9. The van der Waals surface area contributed by atoms with Crippen molar-refractivity contribution in [3.05, 3.63) is 54.9 Å². The SMILES string of the molecule is [I-].c1ccc(-[n+]2ccc(N3CCCCC3)cc2)cc1. The van der Waals surface area contributed by atoms with Crippen LogP contribution in [0, 0.1) is 0 Å². The highest BCUT2D eigenvalue weighted by molar-refractivity contribution is 5.44. The van der Waals surface area contributed by atoms with Crippen LogP contribution < -0.4 is 33.4 Å². The second-order valence-electron chi connectivity index (χ2n) is 4.85. The molecule has 0 spiro atoms. The third kappa shape index (κ3) is 3.47. The molecular weight excluding hydrogens is 347 g/mol. The predicted molar refractivity (Wildman–Crippen MR) is 74.0 cm³/mol. The minimum absolute atomic E-state index is 0. The van der Waals surface area contributed by atoms with Gasteiger partial charge in [-0.1, -0.05) is 18.2 Å². The summed E-state index contributed by atoms with van der Waals surface area (Å²) < 4.78 is 2.16. The fourth-order valence-electron chi connectivity index (χ4n) is 2.55. The molecule has 3 rings (SSSR count). The van der Waals surface area contributed by atoms with Gasteiger partial charge < -0.3 is 28.9 Å². The zero-order valence-electron chi connectivity index (χ0n) is 11.0. The van der Waals surface area contributed by atoms with E-state index in [0.29, 0.717) is 0 Å². The van der Waals surface area contributed by atoms with E-state index in [2.05, 4.69) is 58.3 Å². The van der Waals surface area contributed by atoms with E-state index in [4.69, 9.17) is 0 Å². The Morgan fingerprint density at radius 1 is 0.789 bits per heavy atom. The van der Waals surface area contributed by atoms with E-state index < -0.39 is 0 Å². The first kappa shape index (κ1) is 14.3. The summed E-state index contributed by atoms with van der Waals surface area (Å²) in [7, 11) is 0. The van der Waals surface area contributed by atoms with Crippen molar-refractivity contribution in [2.75, 3.05) is 18.0 Å². The van der Waals surface area contributed by atoms with Gasteiger partial charge in [-0.05, 0) is 19.3 Å². The van der Waals surface area contributed by atoms with E-state index >= 15 is 0 Å². The highest BCUT2D eigenvalue weighted by atomic mass is 127. The monoisotopic (exact) mass is 366 g/mol. The predicted octanol–water partition coefficient (Wildman–Crippen LogP) is -0.0424. The Kier molecular flexibility index (Phi) is 5.19. The number of pyridine rings is 1. The molecule has 1 fully saturated rings. The molecular formula is C16H19IN2. The van der Waals surface area contributed by atoms with Crippen molar-refractivity contribution in [2.45, 2.75) is 19.3 Å². The number of anilines is 1. The van der Waals surface area contributed by atoms with E-state index in [1.54, 1.807) is 0 Å². The molecule has 3 heteroatoms. The molecule has 19 heavy (non-hydrogen) atoms. The fraction of sp³-hybridized carbons (Fsp3) is 0.312. The van der Waals surface area contributed by atoms with E-state index in [9.17, 15) is 0 Å². The van der Waals surface area contributed by atoms with Gasteiger partial charge in [0.2, 0.25) is 5.69 Å². The van der Waals surface area contributed by atoms with Crippen LogP contribution in [0.2, 0.25) is 0 Å². The summed E-state index contributed by atoms with van der Waals surface area (Å²) >= 11 is 0. The number of nitrogens with zero attached hydrogens (tertiary/aromatic N) is 2. The average Bonchev–Trinajstić information content (AvgIpc) is 2.49. The Morgan fingerprint density at radius 3 is 2.05 bits per heavy atom. The Labute approximate surface area is 132 Å². The molecule has 0 unspecified atom stereocenters. The summed E-state index contributed by atoms with van der Waals surface area (Å²) in [5.41, 5.74) is 2.56. The van der Waals surface area contributed by atoms with E-state index in [1.807, 2.05) is 6.07 Å². The van der Waals surface area contributed by atoms with Crippen LogP contribution in [-0.2, 0) is 0 Å². The number of hydrogen-bond acceptors (Lipinski definition) is 1. The van der Waals surface area contributed by atoms with Crippen LogP contribution in [0.4, 0.5) is 5.69 Å². The van der Waals surface area contributed by atoms with Crippen molar-refractivity contribution in [3.8, 4) is 5.69 Å². The smallest absolute Gasteiger partial charge is 0.210 e. The molecule has 0 N–H and O–H groups in total. The van der Waals surface area contributed by atoms with Crippen molar-refractivity contribution >= 4 is 5.69 Å². The van der Waals surface area contributed by atoms with Crippen LogP contribution >= 0.6 is 0 Å². The Bertz CT molecular complexity index is 490. The first-order chi connectivity index (χ1) is 8.93. The lowest BCUT2D eigenvalue weighted by Gasteiger charge is -2.28. The number of benzene rings is 1. The van der Waals surface area contributed by atoms with Crippen LogP contribution in [0.25, 0.3) is 5.69 Å². The molecule has 1 aliphatic rings. The molecule has 1 saturated heterocycles. The molecule has 2 heterocycles. The highest BCUT2D eigenvalue weighted by Gasteiger charge is 2.12. The third-order valence-corrected chi connectivity index (χ3v) is 3.59. The van der Waals surface area contributed by atoms with Crippen LogP contribution in [0.3, 0.4) is 0 Å². The number of hydrogen-bond donors (Lipinski definition) is 0. The Balaban J connectivity index is 0.00000133. The molecule has 0 saturated carbocycles. The van der Waals surface area contributed by atoms with Gasteiger partial charge in [-0.3, -0.25) is 0 Å². The Morgan fingerprint density at radius 2 is 1.42 bits per heavy atom. The van der Waals surface area contributed by atoms with E-state index in [1.165, 1.54) is 43.7 Å². The van der Waals surface area contributed by atoms with Crippen LogP contribution in [0.15, 0.2) is 54.9 Å². The van der Waals surface area contributed by atoms with Crippen molar-refractivity contribution in [1.29, 1.82) is 0 Å². The van der Waals surface area contributed by atoms with Gasteiger partial charge in [0.15, 0.2) is 12.4 Å². The molecule has 1 aromatic carbocycles. The van der Waals surface area contributed by atoms with E-state index in [0.717, 1.165) is 0 Å². The summed E-state index contributed by atoms with van der Waals surface area (Å²) in [6.45, 7) is 2.41. The molecule has 2 nitrogen and oxygen atoms in total. The maximum absolute atomic E-state index is 2.48. The van der Waals surface area contributed by atoms with Crippen LogP contribution in [0.5, 0.6) is 0 Å². The van der Waals surface area contributed by atoms with Crippen molar-refractivity contribution < 1.29 is 28.5 Å². The molecule has 2 aromatic rings. The van der Waals surface area contributed by atoms with Gasteiger partial charge in [0.25, 0.3) is 0 Å². The van der Waals surface area contributed by atoms with Gasteiger partial charge >= 0.3 is 0 Å². The van der Waals surface area contributed by atoms with Crippen molar-refractivity contribution in [3.63, 3.8) is 0 Å². The molecule has 0 bridgehead atoms. The van der Waals surface area contributed by atoms with Gasteiger partial charge in [0.1, 0.15) is 0 Å². The molecule has 0 amide bonds. The third-order valence-electron chi connectivity index (χ3n) is 3.59. The van der Waals surface area contributed by atoms with Crippen LogP contribution in [-0.4, -0.2) is 13.1 Å². The highest BCUT2D eigenvalue weighted by Crippen LogP contribution is 2.18. The second kappa shape index (κ2) is 6.89. The fourth-order valence-corrected chi connectivity index (χ4v) is 2.55. The lowest BCUT2D eigenvalue weighted by Crippen LogP contribution is -3.00. The van der Waals surface area contributed by atoms with Gasteiger partial charge in [-0.15, -0.1) is 0 Å². The number of piperidine rings is 1. The minimum Gasteiger partial charge on any atom is -1.00 e. The minimum atomic E-state index is 0. The lowest BCUT2D eigenvalue weighted by atomic mass is 10.1.